The summed E-state index contributed by atoms with van der Waals surface area (Å²) in [5.41, 5.74) is 5.71. The number of benzene rings is 4. The van der Waals surface area contributed by atoms with Gasteiger partial charge in [-0.25, -0.2) is 0 Å². The first kappa shape index (κ1) is 21.0. The molecule has 4 aromatic rings. The van der Waals surface area contributed by atoms with E-state index in [0.29, 0.717) is 17.5 Å². The van der Waals surface area contributed by atoms with Crippen LogP contribution >= 0.6 is 0 Å². The molecule has 0 spiro atoms. The maximum atomic E-state index is 9.04. The summed E-state index contributed by atoms with van der Waals surface area (Å²) >= 11 is 0. The lowest BCUT2D eigenvalue weighted by atomic mass is 9.95. The monoisotopic (exact) mass is 418 g/mol. The summed E-state index contributed by atoms with van der Waals surface area (Å²) < 4.78 is 11.6. The molecule has 0 bridgehead atoms. The number of rotatable bonds is 6. The highest BCUT2D eigenvalue weighted by Gasteiger charge is 2.15. The van der Waals surface area contributed by atoms with E-state index in [1.165, 1.54) is 0 Å². The molecular formula is C28H22N2O2. The van der Waals surface area contributed by atoms with E-state index < -0.39 is 0 Å². The molecule has 4 heteroatoms. The average molecular weight is 418 g/mol. The van der Waals surface area contributed by atoms with Crippen LogP contribution in [0, 0.1) is 22.7 Å². The van der Waals surface area contributed by atoms with Gasteiger partial charge in [0.1, 0.15) is 11.5 Å². The van der Waals surface area contributed by atoms with Crippen LogP contribution in [0.25, 0.3) is 10.8 Å². The van der Waals surface area contributed by atoms with Gasteiger partial charge in [0.05, 0.1) is 37.5 Å². The molecule has 0 N–H and O–H groups in total. The van der Waals surface area contributed by atoms with Crippen molar-refractivity contribution in [3.63, 3.8) is 0 Å². The fraction of sp³-hybridized carbons (Fsp3) is 0.143. The van der Waals surface area contributed by atoms with E-state index in [4.69, 9.17) is 20.0 Å². The Morgan fingerprint density at radius 1 is 0.625 bits per heavy atom. The SMILES string of the molecule is COc1cc(Cc2ccc(C#N)cc2)c(OC)c2cc(Cc3ccc(C#N)cc3)ccc12. The van der Waals surface area contributed by atoms with E-state index in [1.807, 2.05) is 54.6 Å². The predicted octanol–water partition coefficient (Wildman–Crippen LogP) is 5.78. The van der Waals surface area contributed by atoms with Crippen molar-refractivity contribution in [2.45, 2.75) is 12.8 Å². The number of nitriles is 2. The van der Waals surface area contributed by atoms with E-state index >= 15 is 0 Å². The number of methoxy groups -OCH3 is 2. The van der Waals surface area contributed by atoms with Gasteiger partial charge in [0.2, 0.25) is 0 Å². The fourth-order valence-electron chi connectivity index (χ4n) is 3.97. The lowest BCUT2D eigenvalue weighted by molar-refractivity contribution is 0.407. The highest BCUT2D eigenvalue weighted by atomic mass is 16.5. The first-order chi connectivity index (χ1) is 15.6. The summed E-state index contributed by atoms with van der Waals surface area (Å²) in [6, 6.07) is 27.9. The molecule has 0 radical (unpaired) electrons. The summed E-state index contributed by atoms with van der Waals surface area (Å²) in [5.74, 6) is 1.63. The second kappa shape index (κ2) is 9.25. The van der Waals surface area contributed by atoms with Crippen molar-refractivity contribution < 1.29 is 9.47 Å². The molecule has 4 rings (SSSR count). The molecule has 0 unspecified atom stereocenters. The third-order valence-electron chi connectivity index (χ3n) is 5.58. The topological polar surface area (TPSA) is 66.0 Å². The molecule has 0 aliphatic rings. The largest absolute Gasteiger partial charge is 0.496 e. The highest BCUT2D eigenvalue weighted by molar-refractivity contribution is 5.95. The number of ether oxygens (including phenoxy) is 2. The number of hydrogen-bond acceptors (Lipinski definition) is 4. The number of nitrogens with zero attached hydrogens (tertiary/aromatic N) is 2. The Bertz CT molecular complexity index is 1340. The van der Waals surface area contributed by atoms with Crippen LogP contribution in [0.5, 0.6) is 11.5 Å². The van der Waals surface area contributed by atoms with Crippen molar-refractivity contribution in [2.24, 2.45) is 0 Å². The van der Waals surface area contributed by atoms with Gasteiger partial charge >= 0.3 is 0 Å². The van der Waals surface area contributed by atoms with Crippen LogP contribution in [0.1, 0.15) is 33.4 Å². The van der Waals surface area contributed by atoms with E-state index in [1.54, 1.807) is 14.2 Å². The van der Waals surface area contributed by atoms with Crippen LogP contribution in [0.15, 0.2) is 72.8 Å². The Kier molecular flexibility index (Phi) is 6.06. The average Bonchev–Trinajstić information content (AvgIpc) is 2.84. The van der Waals surface area contributed by atoms with Crippen molar-refractivity contribution in [2.75, 3.05) is 14.2 Å². The number of hydrogen-bond donors (Lipinski definition) is 0. The molecule has 0 aliphatic heterocycles. The molecule has 4 aromatic carbocycles. The zero-order valence-electron chi connectivity index (χ0n) is 18.1. The van der Waals surface area contributed by atoms with Crippen LogP contribution < -0.4 is 9.47 Å². The van der Waals surface area contributed by atoms with Crippen molar-refractivity contribution >= 4 is 10.8 Å². The molecular weight excluding hydrogens is 396 g/mol. The van der Waals surface area contributed by atoms with Crippen LogP contribution in [-0.2, 0) is 12.8 Å². The second-order valence-corrected chi connectivity index (χ2v) is 7.62. The van der Waals surface area contributed by atoms with Crippen molar-refractivity contribution in [3.8, 4) is 23.6 Å². The summed E-state index contributed by atoms with van der Waals surface area (Å²) in [4.78, 5) is 0. The van der Waals surface area contributed by atoms with Crippen LogP contribution in [0.3, 0.4) is 0 Å². The third-order valence-corrected chi connectivity index (χ3v) is 5.58. The molecule has 0 amide bonds. The van der Waals surface area contributed by atoms with Gasteiger partial charge < -0.3 is 9.47 Å². The quantitative estimate of drug-likeness (QED) is 0.398. The van der Waals surface area contributed by atoms with Gasteiger partial charge in [-0.15, -0.1) is 0 Å². The van der Waals surface area contributed by atoms with Gasteiger partial charge in [-0.1, -0.05) is 36.4 Å². The van der Waals surface area contributed by atoms with E-state index in [9.17, 15) is 0 Å². The molecule has 0 saturated heterocycles. The summed E-state index contributed by atoms with van der Waals surface area (Å²) in [6.07, 6.45) is 1.42. The maximum Gasteiger partial charge on any atom is 0.130 e. The Hall–Kier alpha value is -4.28. The third kappa shape index (κ3) is 4.26. The molecule has 0 aromatic heterocycles. The Morgan fingerprint density at radius 2 is 1.19 bits per heavy atom. The van der Waals surface area contributed by atoms with Crippen LogP contribution in [-0.4, -0.2) is 14.2 Å². The Balaban J connectivity index is 1.75. The zero-order valence-corrected chi connectivity index (χ0v) is 18.1. The minimum Gasteiger partial charge on any atom is -0.496 e. The van der Waals surface area contributed by atoms with Gasteiger partial charge in [-0.2, -0.15) is 10.5 Å². The van der Waals surface area contributed by atoms with Crippen molar-refractivity contribution in [1.29, 1.82) is 10.5 Å². The van der Waals surface area contributed by atoms with Crippen LogP contribution in [0.4, 0.5) is 0 Å². The molecule has 0 atom stereocenters. The van der Waals surface area contributed by atoms with Gasteiger partial charge in [0.15, 0.2) is 0 Å². The fourth-order valence-corrected chi connectivity index (χ4v) is 3.97. The van der Waals surface area contributed by atoms with Gasteiger partial charge in [-0.05, 0) is 59.5 Å². The molecule has 0 fully saturated rings. The molecule has 0 aliphatic carbocycles. The minimum absolute atomic E-state index is 0.643. The standard InChI is InChI=1S/C28H22N2O2/c1-31-27-16-24(14-20-5-9-22(18-30)10-6-20)28(32-2)26-15-23(11-12-25(26)27)13-19-3-7-21(17-29)8-4-19/h3-12,15-16H,13-14H2,1-2H3. The Morgan fingerprint density at radius 3 is 1.72 bits per heavy atom. The van der Waals surface area contributed by atoms with Crippen molar-refractivity contribution in [3.05, 3.63) is 106 Å². The first-order valence-corrected chi connectivity index (χ1v) is 10.3. The predicted molar refractivity (Wildman–Crippen MR) is 125 cm³/mol. The van der Waals surface area contributed by atoms with Crippen LogP contribution in [0.2, 0.25) is 0 Å². The molecule has 32 heavy (non-hydrogen) atoms. The summed E-state index contributed by atoms with van der Waals surface area (Å²) in [5, 5.41) is 20.1. The van der Waals surface area contributed by atoms with Gasteiger partial charge in [-0.3, -0.25) is 0 Å². The molecule has 156 valence electrons. The summed E-state index contributed by atoms with van der Waals surface area (Å²) in [6.45, 7) is 0. The smallest absolute Gasteiger partial charge is 0.130 e. The van der Waals surface area contributed by atoms with E-state index in [-0.39, 0.29) is 0 Å². The molecule has 0 saturated carbocycles. The highest BCUT2D eigenvalue weighted by Crippen LogP contribution is 2.38. The minimum atomic E-state index is 0.643. The zero-order chi connectivity index (χ0) is 22.5. The second-order valence-electron chi connectivity index (χ2n) is 7.62. The molecule has 0 heterocycles. The van der Waals surface area contributed by atoms with Gasteiger partial charge in [0.25, 0.3) is 0 Å². The normalized spacial score (nSPS) is 10.4. The maximum absolute atomic E-state index is 9.04. The van der Waals surface area contributed by atoms with E-state index in [2.05, 4.69) is 30.3 Å². The Labute approximate surface area is 187 Å². The lowest BCUT2D eigenvalue weighted by Crippen LogP contribution is -1.99. The number of fused-ring (bicyclic) bond motifs is 1. The first-order valence-electron chi connectivity index (χ1n) is 10.3. The lowest BCUT2D eigenvalue weighted by Gasteiger charge is -2.16. The molecule has 4 nitrogen and oxygen atoms in total. The van der Waals surface area contributed by atoms with E-state index in [0.717, 1.165) is 50.9 Å². The van der Waals surface area contributed by atoms with Crippen molar-refractivity contribution in [1.82, 2.24) is 0 Å². The summed E-state index contributed by atoms with van der Waals surface area (Å²) in [7, 11) is 3.37. The van der Waals surface area contributed by atoms with Gasteiger partial charge in [0, 0.05) is 22.8 Å².